The Morgan fingerprint density at radius 2 is 2.12 bits per heavy atom. The monoisotopic (exact) mass is 233 g/mol. The van der Waals surface area contributed by atoms with Gasteiger partial charge in [-0.3, -0.25) is 0 Å². The van der Waals surface area contributed by atoms with Gasteiger partial charge in [-0.15, -0.1) is 0 Å². The van der Waals surface area contributed by atoms with E-state index in [1.807, 2.05) is 6.92 Å². The predicted molar refractivity (Wildman–Crippen MR) is 53.8 cm³/mol. The summed E-state index contributed by atoms with van der Waals surface area (Å²) in [6.45, 7) is 3.30. The largest absolute Gasteiger partial charge is 0.389 e. The molecule has 0 saturated heterocycles. The maximum absolute atomic E-state index is 12.0. The van der Waals surface area contributed by atoms with E-state index in [9.17, 15) is 13.2 Å². The first-order valence-electron chi connectivity index (χ1n) is 5.09. The zero-order chi connectivity index (χ0) is 12.0. The van der Waals surface area contributed by atoms with Crippen molar-refractivity contribution in [1.29, 1.82) is 0 Å². The molecule has 0 aliphatic rings. The van der Waals surface area contributed by atoms with Crippen molar-refractivity contribution in [2.24, 2.45) is 0 Å². The number of aryl methyl sites for hydroxylation is 1. The van der Waals surface area contributed by atoms with Crippen LogP contribution in [0.1, 0.15) is 24.9 Å². The Kier molecular flexibility index (Phi) is 4.67. The third kappa shape index (κ3) is 5.06. The van der Waals surface area contributed by atoms with Crippen LogP contribution in [0.5, 0.6) is 0 Å². The fourth-order valence-electron chi connectivity index (χ4n) is 1.17. The van der Waals surface area contributed by atoms with Crippen LogP contribution in [0, 0.1) is 0 Å². The van der Waals surface area contributed by atoms with Crippen molar-refractivity contribution in [3.8, 4) is 0 Å². The van der Waals surface area contributed by atoms with E-state index in [0.29, 0.717) is 12.2 Å². The van der Waals surface area contributed by atoms with Crippen LogP contribution in [-0.4, -0.2) is 22.7 Å². The minimum Gasteiger partial charge on any atom is -0.311 e. The summed E-state index contributed by atoms with van der Waals surface area (Å²) in [5, 5.41) is 3.05. The lowest BCUT2D eigenvalue weighted by Crippen LogP contribution is -2.15. The molecule has 1 aromatic rings. The van der Waals surface area contributed by atoms with E-state index in [-0.39, 0.29) is 12.2 Å². The van der Waals surface area contributed by atoms with Crippen LogP contribution in [0.25, 0.3) is 0 Å². The van der Waals surface area contributed by atoms with Gasteiger partial charge in [-0.2, -0.15) is 13.2 Å². The summed E-state index contributed by atoms with van der Waals surface area (Å²) in [4.78, 5) is 7.85. The summed E-state index contributed by atoms with van der Waals surface area (Å²) in [5.41, 5.74) is 0.717. The van der Waals surface area contributed by atoms with Crippen LogP contribution in [0.2, 0.25) is 0 Å². The number of hydrogen-bond donors (Lipinski definition) is 1. The van der Waals surface area contributed by atoms with Crippen LogP contribution in [0.3, 0.4) is 0 Å². The zero-order valence-corrected chi connectivity index (χ0v) is 9.01. The second-order valence-electron chi connectivity index (χ2n) is 3.36. The predicted octanol–water partition coefficient (Wildman–Crippen LogP) is 2.08. The summed E-state index contributed by atoms with van der Waals surface area (Å²) in [5.74, 6) is 0.243. The molecule has 16 heavy (non-hydrogen) atoms. The molecular weight excluding hydrogens is 219 g/mol. The summed E-state index contributed by atoms with van der Waals surface area (Å²) in [6, 6.07) is 1.69. The highest BCUT2D eigenvalue weighted by Crippen LogP contribution is 2.20. The topological polar surface area (TPSA) is 37.8 Å². The Labute approximate surface area is 92.1 Å². The van der Waals surface area contributed by atoms with Crippen molar-refractivity contribution in [3.05, 3.63) is 23.8 Å². The maximum Gasteiger partial charge on any atom is 0.389 e. The first-order chi connectivity index (χ1) is 7.51. The van der Waals surface area contributed by atoms with Crippen molar-refractivity contribution in [1.82, 2.24) is 15.3 Å². The molecule has 0 atom stereocenters. The molecule has 90 valence electrons. The number of rotatable bonds is 5. The quantitative estimate of drug-likeness (QED) is 0.846. The first kappa shape index (κ1) is 12.9. The highest BCUT2D eigenvalue weighted by atomic mass is 19.4. The van der Waals surface area contributed by atoms with Gasteiger partial charge < -0.3 is 5.32 Å². The van der Waals surface area contributed by atoms with Crippen LogP contribution < -0.4 is 5.32 Å². The van der Waals surface area contributed by atoms with E-state index in [1.54, 1.807) is 6.07 Å². The molecule has 0 saturated carbocycles. The molecule has 0 bridgehead atoms. The Hall–Kier alpha value is -1.17. The van der Waals surface area contributed by atoms with Gasteiger partial charge in [0, 0.05) is 19.2 Å². The Bertz CT molecular complexity index is 325. The molecule has 1 aromatic heterocycles. The number of hydrogen-bond acceptors (Lipinski definition) is 3. The molecule has 6 heteroatoms. The minimum atomic E-state index is -4.15. The summed E-state index contributed by atoms with van der Waals surface area (Å²) in [7, 11) is 0. The summed E-state index contributed by atoms with van der Waals surface area (Å²) >= 11 is 0. The molecule has 0 unspecified atom stereocenters. The van der Waals surface area contributed by atoms with E-state index in [0.717, 1.165) is 6.54 Å². The van der Waals surface area contributed by atoms with Gasteiger partial charge in [0.2, 0.25) is 0 Å². The number of halogens is 3. The lowest BCUT2D eigenvalue weighted by atomic mass is 10.3. The van der Waals surface area contributed by atoms with E-state index in [4.69, 9.17) is 0 Å². The van der Waals surface area contributed by atoms with Crippen LogP contribution in [0.15, 0.2) is 12.3 Å². The molecule has 1 rings (SSSR count). The number of alkyl halides is 3. The number of nitrogens with zero attached hydrogens (tertiary/aromatic N) is 2. The highest BCUT2D eigenvalue weighted by molar-refractivity contribution is 5.02. The van der Waals surface area contributed by atoms with Crippen LogP contribution in [-0.2, 0) is 13.0 Å². The molecule has 0 aromatic carbocycles. The molecule has 0 fully saturated rings. The lowest BCUT2D eigenvalue weighted by molar-refractivity contribution is -0.134. The van der Waals surface area contributed by atoms with Crippen molar-refractivity contribution < 1.29 is 13.2 Å². The van der Waals surface area contributed by atoms with E-state index < -0.39 is 12.6 Å². The van der Waals surface area contributed by atoms with Gasteiger partial charge in [0.25, 0.3) is 0 Å². The average molecular weight is 233 g/mol. The second-order valence-corrected chi connectivity index (χ2v) is 3.36. The fraction of sp³-hybridized carbons (Fsp3) is 0.600. The average Bonchev–Trinajstić information content (AvgIpc) is 2.23. The fourth-order valence-corrected chi connectivity index (χ4v) is 1.17. The first-order valence-corrected chi connectivity index (χ1v) is 5.09. The van der Waals surface area contributed by atoms with Gasteiger partial charge in [-0.25, -0.2) is 9.97 Å². The van der Waals surface area contributed by atoms with Crippen LogP contribution >= 0.6 is 0 Å². The minimum absolute atomic E-state index is 0.163. The van der Waals surface area contributed by atoms with Gasteiger partial charge in [0.05, 0.1) is 12.1 Å². The third-order valence-electron chi connectivity index (χ3n) is 1.95. The Balaban J connectivity index is 2.53. The number of aromatic nitrogens is 2. The SMILES string of the molecule is CCNCc1ccnc(CCC(F)(F)F)n1. The summed E-state index contributed by atoms with van der Waals surface area (Å²) in [6.07, 6.45) is -3.70. The normalized spacial score (nSPS) is 11.8. The van der Waals surface area contributed by atoms with Gasteiger partial charge >= 0.3 is 6.18 Å². The second kappa shape index (κ2) is 5.79. The van der Waals surface area contributed by atoms with Crippen molar-refractivity contribution in [3.63, 3.8) is 0 Å². The molecule has 0 aliphatic heterocycles. The third-order valence-corrected chi connectivity index (χ3v) is 1.95. The zero-order valence-electron chi connectivity index (χ0n) is 9.01. The summed E-state index contributed by atoms with van der Waals surface area (Å²) < 4.78 is 35.9. The van der Waals surface area contributed by atoms with Gasteiger partial charge in [-0.05, 0) is 12.6 Å². The molecule has 0 amide bonds. The smallest absolute Gasteiger partial charge is 0.311 e. The lowest BCUT2D eigenvalue weighted by Gasteiger charge is -2.06. The number of nitrogens with one attached hydrogen (secondary N) is 1. The van der Waals surface area contributed by atoms with Gasteiger partial charge in [0.15, 0.2) is 0 Å². The van der Waals surface area contributed by atoms with Crippen molar-refractivity contribution in [2.45, 2.75) is 32.5 Å². The van der Waals surface area contributed by atoms with E-state index in [1.165, 1.54) is 6.20 Å². The van der Waals surface area contributed by atoms with Gasteiger partial charge in [0.1, 0.15) is 5.82 Å². The highest BCUT2D eigenvalue weighted by Gasteiger charge is 2.26. The van der Waals surface area contributed by atoms with Crippen molar-refractivity contribution >= 4 is 0 Å². The van der Waals surface area contributed by atoms with Crippen molar-refractivity contribution in [2.75, 3.05) is 6.54 Å². The van der Waals surface area contributed by atoms with Crippen LogP contribution in [0.4, 0.5) is 13.2 Å². The molecule has 1 N–H and O–H groups in total. The maximum atomic E-state index is 12.0. The molecule has 1 heterocycles. The molecule has 3 nitrogen and oxygen atoms in total. The Morgan fingerprint density at radius 3 is 2.75 bits per heavy atom. The Morgan fingerprint density at radius 1 is 1.38 bits per heavy atom. The van der Waals surface area contributed by atoms with Gasteiger partial charge in [-0.1, -0.05) is 6.92 Å². The molecule has 0 aliphatic carbocycles. The standard InChI is InChI=1S/C10H14F3N3/c1-2-14-7-8-4-6-15-9(16-8)3-5-10(11,12)13/h4,6,14H,2-3,5,7H2,1H3. The van der Waals surface area contributed by atoms with E-state index in [2.05, 4.69) is 15.3 Å². The molecule has 0 radical (unpaired) electrons. The molecule has 0 spiro atoms. The molecular formula is C10H14F3N3. The van der Waals surface area contributed by atoms with E-state index >= 15 is 0 Å².